The Labute approximate surface area is 274 Å². The van der Waals surface area contributed by atoms with Crippen molar-refractivity contribution in [3.05, 3.63) is 90.3 Å². The van der Waals surface area contributed by atoms with E-state index in [9.17, 15) is 14.7 Å². The maximum atomic E-state index is 13.9. The third-order valence-corrected chi connectivity index (χ3v) is 13.7. The Bertz CT molecular complexity index is 1460. The van der Waals surface area contributed by atoms with E-state index in [1.165, 1.54) is 0 Å². The molecule has 1 aliphatic heterocycles. The van der Waals surface area contributed by atoms with Crippen LogP contribution in [0.1, 0.15) is 70.2 Å². The molecule has 1 aliphatic rings. The van der Waals surface area contributed by atoms with Gasteiger partial charge in [-0.15, -0.1) is 6.58 Å². The Morgan fingerprint density at radius 2 is 1.65 bits per heavy atom. The van der Waals surface area contributed by atoms with Gasteiger partial charge in [0.15, 0.2) is 0 Å². The third kappa shape index (κ3) is 7.29. The summed E-state index contributed by atoms with van der Waals surface area (Å²) in [6, 6.07) is 20.5. The van der Waals surface area contributed by atoms with Gasteiger partial charge in [0.25, 0.3) is 14.2 Å². The number of benzene rings is 2. The van der Waals surface area contributed by atoms with E-state index >= 15 is 0 Å². The lowest BCUT2D eigenvalue weighted by atomic mass is 9.99. The molecule has 0 aliphatic carbocycles. The minimum atomic E-state index is -2.96. The summed E-state index contributed by atoms with van der Waals surface area (Å²) < 4.78 is 12.9. The second-order valence-corrected chi connectivity index (χ2v) is 18.5. The Morgan fingerprint density at radius 3 is 2.13 bits per heavy atom. The summed E-state index contributed by atoms with van der Waals surface area (Å²) in [5, 5.41) is 20.0. The minimum Gasteiger partial charge on any atom is -0.444 e. The van der Waals surface area contributed by atoms with Crippen LogP contribution in [0.3, 0.4) is 0 Å². The molecule has 3 atom stereocenters. The van der Waals surface area contributed by atoms with Crippen molar-refractivity contribution in [1.82, 2.24) is 20.0 Å². The normalized spacial score (nSPS) is 16.7. The Kier molecular flexibility index (Phi) is 10.6. The molecule has 46 heavy (non-hydrogen) atoms. The van der Waals surface area contributed by atoms with Crippen LogP contribution >= 0.6 is 0 Å². The van der Waals surface area contributed by atoms with E-state index < -0.39 is 32.0 Å². The van der Waals surface area contributed by atoms with Crippen LogP contribution in [0.2, 0.25) is 5.04 Å². The monoisotopic (exact) mass is 646 g/mol. The average molecular weight is 647 g/mol. The third-order valence-electron chi connectivity index (χ3n) is 8.66. The predicted octanol–water partition coefficient (Wildman–Crippen LogP) is 4.90. The molecule has 1 aromatic heterocycles. The Morgan fingerprint density at radius 1 is 1.09 bits per heavy atom. The van der Waals surface area contributed by atoms with Crippen molar-refractivity contribution in [3.63, 3.8) is 0 Å². The first-order valence-electron chi connectivity index (χ1n) is 16.0. The number of H-pyrrole nitrogens is 1. The lowest BCUT2D eigenvalue weighted by Gasteiger charge is -2.46. The lowest BCUT2D eigenvalue weighted by Crippen LogP contribution is -2.68. The summed E-state index contributed by atoms with van der Waals surface area (Å²) in [5.74, 6) is -0.732. The van der Waals surface area contributed by atoms with E-state index in [4.69, 9.17) is 9.16 Å². The molecule has 0 bridgehead atoms. The number of aromatic nitrogens is 2. The zero-order valence-electron chi connectivity index (χ0n) is 28.5. The molecular formula is C36H50N4O5Si. The van der Waals surface area contributed by atoms with Gasteiger partial charge in [-0.1, -0.05) is 87.5 Å². The highest BCUT2D eigenvalue weighted by atomic mass is 28.4. The minimum absolute atomic E-state index is 0.128. The number of nitrogens with one attached hydrogen (secondary N) is 1. The number of ether oxygens (including phenoxy) is 1. The summed E-state index contributed by atoms with van der Waals surface area (Å²) in [6.07, 6.45) is 1.28. The highest BCUT2D eigenvalue weighted by Gasteiger charge is 2.52. The van der Waals surface area contributed by atoms with E-state index in [1.54, 1.807) is 22.9 Å². The number of carbonyl (C=O) groups is 2. The standard InChI is InChI=1S/C36H50N4O5Si/c1-10-31(45-46(36(6,7)8,27-17-13-11-14-18-27)28-19-15-12-16-20-28)26(24-41)22-39(9)33(42)32-29-23-40(34(43)44-35(3,4)5)25(2)21-30(29)37-38-32/h10-20,25-26,31,41H,1,21-24H2,2-9H3,(H,37,38)/t25-,26?,31?/m1/s1. The molecule has 2 amide bonds. The van der Waals surface area contributed by atoms with Gasteiger partial charge in [0.2, 0.25) is 0 Å². The number of fused-ring (bicyclic) bond motifs is 1. The fraction of sp³-hybridized carbons (Fsp3) is 0.472. The summed E-state index contributed by atoms with van der Waals surface area (Å²) >= 11 is 0. The number of nitrogens with zero attached hydrogens (tertiary/aromatic N) is 3. The first-order valence-corrected chi connectivity index (χ1v) is 17.9. The van der Waals surface area contributed by atoms with Crippen molar-refractivity contribution in [3.8, 4) is 0 Å². The van der Waals surface area contributed by atoms with Crippen molar-refractivity contribution >= 4 is 30.7 Å². The van der Waals surface area contributed by atoms with Gasteiger partial charge in [-0.25, -0.2) is 4.79 Å². The number of carbonyl (C=O) groups excluding carboxylic acids is 2. The van der Waals surface area contributed by atoms with Crippen LogP contribution in [0.25, 0.3) is 0 Å². The van der Waals surface area contributed by atoms with Crippen LogP contribution in [0, 0.1) is 5.92 Å². The fourth-order valence-corrected chi connectivity index (χ4v) is 11.0. The van der Waals surface area contributed by atoms with Gasteiger partial charge >= 0.3 is 6.09 Å². The van der Waals surface area contributed by atoms with Crippen LogP contribution in [-0.2, 0) is 22.1 Å². The summed E-state index contributed by atoms with van der Waals surface area (Å²) in [6.45, 7) is 18.4. The molecule has 0 radical (unpaired) electrons. The highest BCUT2D eigenvalue weighted by Crippen LogP contribution is 2.38. The number of rotatable bonds is 10. The smallest absolute Gasteiger partial charge is 0.410 e. The lowest BCUT2D eigenvalue weighted by molar-refractivity contribution is 0.0135. The molecule has 0 saturated heterocycles. The molecule has 0 saturated carbocycles. The van der Waals surface area contributed by atoms with Crippen molar-refractivity contribution in [1.29, 1.82) is 0 Å². The first-order chi connectivity index (χ1) is 21.6. The number of hydrogen-bond donors (Lipinski definition) is 2. The second-order valence-electron chi connectivity index (χ2n) is 14.3. The quantitative estimate of drug-likeness (QED) is 0.240. The zero-order chi connectivity index (χ0) is 33.9. The first kappa shape index (κ1) is 35.1. The van der Waals surface area contributed by atoms with Crippen LogP contribution in [0.15, 0.2) is 73.3 Å². The van der Waals surface area contributed by atoms with Crippen molar-refractivity contribution < 1.29 is 23.9 Å². The Hall–Kier alpha value is -3.73. The summed E-state index contributed by atoms with van der Waals surface area (Å²) in [5.41, 5.74) is 1.15. The maximum Gasteiger partial charge on any atom is 0.410 e. The number of aliphatic hydroxyl groups is 1. The van der Waals surface area contributed by atoms with Gasteiger partial charge in [-0.3, -0.25) is 9.89 Å². The van der Waals surface area contributed by atoms with Gasteiger partial charge < -0.3 is 24.1 Å². The molecule has 248 valence electrons. The molecule has 2 aromatic carbocycles. The molecule has 10 heteroatoms. The van der Waals surface area contributed by atoms with Crippen LogP contribution in [0.4, 0.5) is 4.79 Å². The molecule has 2 heterocycles. The number of aliphatic hydroxyl groups excluding tert-OH is 1. The molecule has 2 unspecified atom stereocenters. The van der Waals surface area contributed by atoms with Gasteiger partial charge in [0, 0.05) is 37.5 Å². The van der Waals surface area contributed by atoms with Crippen LogP contribution < -0.4 is 10.4 Å². The molecule has 0 fully saturated rings. The summed E-state index contributed by atoms with van der Waals surface area (Å²) in [4.78, 5) is 30.1. The van der Waals surface area contributed by atoms with Gasteiger partial charge in [0.05, 0.1) is 24.9 Å². The van der Waals surface area contributed by atoms with E-state index in [-0.39, 0.29) is 36.7 Å². The molecular weight excluding hydrogens is 597 g/mol. The zero-order valence-corrected chi connectivity index (χ0v) is 29.5. The van der Waals surface area contributed by atoms with Crippen molar-refractivity contribution in [2.45, 2.75) is 84.2 Å². The highest BCUT2D eigenvalue weighted by molar-refractivity contribution is 6.99. The number of amides is 2. The molecule has 0 spiro atoms. The largest absolute Gasteiger partial charge is 0.444 e. The topological polar surface area (TPSA) is 108 Å². The van der Waals surface area contributed by atoms with Crippen molar-refractivity contribution in [2.75, 3.05) is 20.2 Å². The van der Waals surface area contributed by atoms with E-state index in [0.29, 0.717) is 17.7 Å². The Balaban J connectivity index is 1.61. The van der Waals surface area contributed by atoms with Gasteiger partial charge in [-0.05, 0) is 43.1 Å². The number of aromatic amines is 1. The molecule has 3 aromatic rings. The average Bonchev–Trinajstić information content (AvgIpc) is 3.41. The van der Waals surface area contributed by atoms with E-state index in [1.807, 2.05) is 64.1 Å². The predicted molar refractivity (Wildman–Crippen MR) is 184 cm³/mol. The van der Waals surface area contributed by atoms with Gasteiger partial charge in [0.1, 0.15) is 11.3 Å². The van der Waals surface area contributed by atoms with Crippen molar-refractivity contribution in [2.24, 2.45) is 5.92 Å². The summed E-state index contributed by atoms with van der Waals surface area (Å²) in [7, 11) is -1.25. The van der Waals surface area contributed by atoms with Gasteiger partial charge in [-0.2, -0.15) is 5.10 Å². The fourth-order valence-electron chi connectivity index (χ4n) is 6.32. The van der Waals surface area contributed by atoms with E-state index in [2.05, 4.69) is 61.8 Å². The van der Waals surface area contributed by atoms with E-state index in [0.717, 1.165) is 16.1 Å². The maximum absolute atomic E-state index is 13.9. The van der Waals surface area contributed by atoms with Crippen LogP contribution in [0.5, 0.6) is 0 Å². The molecule has 4 rings (SSSR count). The SMILES string of the molecule is C=CC(O[Si](c1ccccc1)(c1ccccc1)C(C)(C)C)C(CO)CN(C)C(=O)c1[nH]nc2c1CN(C(=O)OC(C)(C)C)[C@H](C)C2. The second kappa shape index (κ2) is 13.9. The number of hydrogen-bond acceptors (Lipinski definition) is 6. The molecule has 2 N–H and O–H groups in total. The molecule has 9 nitrogen and oxygen atoms in total. The van der Waals surface area contributed by atoms with Crippen LogP contribution in [-0.4, -0.2) is 83.4 Å².